The van der Waals surface area contributed by atoms with Gasteiger partial charge in [-0.15, -0.1) is 0 Å². The molecular weight excluding hydrogens is 244 g/mol. The van der Waals surface area contributed by atoms with E-state index in [-0.39, 0.29) is 11.1 Å². The van der Waals surface area contributed by atoms with Crippen molar-refractivity contribution < 1.29 is 19.1 Å². The van der Waals surface area contributed by atoms with Crippen molar-refractivity contribution in [3.8, 4) is 0 Å². The van der Waals surface area contributed by atoms with Gasteiger partial charge in [-0.3, -0.25) is 0 Å². The van der Waals surface area contributed by atoms with Crippen LogP contribution in [-0.4, -0.2) is 25.7 Å². The van der Waals surface area contributed by atoms with Crippen LogP contribution in [0.2, 0.25) is 5.02 Å². The molecule has 0 unspecified atom stereocenters. The van der Waals surface area contributed by atoms with Gasteiger partial charge >= 0.3 is 11.9 Å². The summed E-state index contributed by atoms with van der Waals surface area (Å²) >= 11 is 5.78. The number of hydrogen-bond acceptors (Lipinski definition) is 4. The number of hydrogen-bond donors (Lipinski definition) is 0. The molecule has 0 amide bonds. The highest BCUT2D eigenvalue weighted by Crippen LogP contribution is 2.18. The average molecular weight is 257 g/mol. The van der Waals surface area contributed by atoms with Crippen molar-refractivity contribution in [3.63, 3.8) is 0 Å². The summed E-state index contributed by atoms with van der Waals surface area (Å²) in [7, 11) is 1.25. The van der Waals surface area contributed by atoms with E-state index in [0.717, 1.165) is 0 Å². The van der Waals surface area contributed by atoms with E-state index < -0.39 is 11.9 Å². The SMILES string of the molecule is CCCOC(=O)c1cc(Cl)ccc1C(=O)OC. The summed E-state index contributed by atoms with van der Waals surface area (Å²) in [6.07, 6.45) is 0.708. The Morgan fingerprint density at radius 3 is 2.53 bits per heavy atom. The van der Waals surface area contributed by atoms with Crippen LogP contribution < -0.4 is 0 Å². The lowest BCUT2D eigenvalue weighted by Crippen LogP contribution is -2.13. The van der Waals surface area contributed by atoms with Crippen molar-refractivity contribution in [1.82, 2.24) is 0 Å². The highest BCUT2D eigenvalue weighted by atomic mass is 35.5. The number of halogens is 1. The standard InChI is InChI=1S/C12H13ClO4/c1-3-6-17-12(15)10-7-8(13)4-5-9(10)11(14)16-2/h4-5,7H,3,6H2,1-2H3. The van der Waals surface area contributed by atoms with Crippen LogP contribution in [-0.2, 0) is 9.47 Å². The van der Waals surface area contributed by atoms with E-state index in [9.17, 15) is 9.59 Å². The molecule has 0 bridgehead atoms. The second-order valence-corrected chi connectivity index (χ2v) is 3.75. The van der Waals surface area contributed by atoms with Gasteiger partial charge in [-0.05, 0) is 24.6 Å². The fourth-order valence-corrected chi connectivity index (χ4v) is 1.42. The normalized spacial score (nSPS) is 9.82. The van der Waals surface area contributed by atoms with Crippen LogP contribution in [0.5, 0.6) is 0 Å². The smallest absolute Gasteiger partial charge is 0.339 e. The predicted molar refractivity (Wildman–Crippen MR) is 63.4 cm³/mol. The van der Waals surface area contributed by atoms with E-state index in [1.54, 1.807) is 0 Å². The minimum absolute atomic E-state index is 0.123. The summed E-state index contributed by atoms with van der Waals surface area (Å²) in [5, 5.41) is 0.362. The number of rotatable bonds is 4. The first kappa shape index (κ1) is 13.5. The maximum absolute atomic E-state index is 11.7. The molecule has 0 aliphatic carbocycles. The van der Waals surface area contributed by atoms with Crippen molar-refractivity contribution in [2.45, 2.75) is 13.3 Å². The monoisotopic (exact) mass is 256 g/mol. The molecule has 5 heteroatoms. The molecule has 0 saturated carbocycles. The largest absolute Gasteiger partial charge is 0.465 e. The van der Waals surface area contributed by atoms with Crippen LogP contribution in [0.15, 0.2) is 18.2 Å². The molecule has 92 valence electrons. The third-order valence-electron chi connectivity index (χ3n) is 2.04. The molecule has 0 aliphatic rings. The zero-order valence-electron chi connectivity index (χ0n) is 9.66. The van der Waals surface area contributed by atoms with E-state index in [2.05, 4.69) is 4.74 Å². The molecule has 0 aromatic heterocycles. The van der Waals surface area contributed by atoms with Crippen LogP contribution in [0, 0.1) is 0 Å². The number of carbonyl (C=O) groups is 2. The maximum atomic E-state index is 11.7. The molecular formula is C12H13ClO4. The van der Waals surface area contributed by atoms with Crippen LogP contribution in [0.25, 0.3) is 0 Å². The van der Waals surface area contributed by atoms with E-state index >= 15 is 0 Å². The first-order valence-corrected chi connectivity index (χ1v) is 5.53. The van der Waals surface area contributed by atoms with Gasteiger partial charge in [-0.25, -0.2) is 9.59 Å². The van der Waals surface area contributed by atoms with Crippen molar-refractivity contribution >= 4 is 23.5 Å². The first-order valence-electron chi connectivity index (χ1n) is 5.15. The third-order valence-corrected chi connectivity index (χ3v) is 2.28. The van der Waals surface area contributed by atoms with Gasteiger partial charge in [0.15, 0.2) is 0 Å². The Bertz CT molecular complexity index is 429. The van der Waals surface area contributed by atoms with Gasteiger partial charge in [0.05, 0.1) is 24.8 Å². The van der Waals surface area contributed by atoms with Gasteiger partial charge in [0, 0.05) is 5.02 Å². The number of esters is 2. The Morgan fingerprint density at radius 1 is 1.24 bits per heavy atom. The Morgan fingerprint density at radius 2 is 1.94 bits per heavy atom. The summed E-state index contributed by atoms with van der Waals surface area (Å²) in [6.45, 7) is 2.18. The molecule has 0 atom stereocenters. The molecule has 1 aromatic rings. The van der Waals surface area contributed by atoms with E-state index in [1.807, 2.05) is 6.92 Å². The van der Waals surface area contributed by atoms with Crippen LogP contribution in [0.4, 0.5) is 0 Å². The van der Waals surface area contributed by atoms with Gasteiger partial charge in [0.1, 0.15) is 0 Å². The first-order chi connectivity index (χ1) is 8.10. The number of methoxy groups -OCH3 is 1. The van der Waals surface area contributed by atoms with Gasteiger partial charge in [-0.2, -0.15) is 0 Å². The van der Waals surface area contributed by atoms with Crippen molar-refractivity contribution in [1.29, 1.82) is 0 Å². The Labute approximate surface area is 104 Å². The molecule has 0 saturated heterocycles. The molecule has 0 spiro atoms. The zero-order valence-corrected chi connectivity index (χ0v) is 10.4. The number of benzene rings is 1. The zero-order chi connectivity index (χ0) is 12.8. The molecule has 0 fully saturated rings. The summed E-state index contributed by atoms with van der Waals surface area (Å²) < 4.78 is 9.54. The Balaban J connectivity index is 3.06. The van der Waals surface area contributed by atoms with Crippen LogP contribution >= 0.6 is 11.6 Å². The lowest BCUT2D eigenvalue weighted by molar-refractivity contribution is 0.0486. The van der Waals surface area contributed by atoms with Crippen LogP contribution in [0.1, 0.15) is 34.1 Å². The topological polar surface area (TPSA) is 52.6 Å². The van der Waals surface area contributed by atoms with Gasteiger partial charge in [0.25, 0.3) is 0 Å². The predicted octanol–water partition coefficient (Wildman–Crippen LogP) is 2.69. The van der Waals surface area contributed by atoms with Gasteiger partial charge in [0.2, 0.25) is 0 Å². The Kier molecular flexibility index (Phi) is 4.97. The second kappa shape index (κ2) is 6.25. The molecule has 0 radical (unpaired) electrons. The quantitative estimate of drug-likeness (QED) is 0.777. The second-order valence-electron chi connectivity index (χ2n) is 3.32. The fraction of sp³-hybridized carbons (Fsp3) is 0.333. The van der Waals surface area contributed by atoms with Gasteiger partial charge < -0.3 is 9.47 Å². The minimum atomic E-state index is -0.592. The molecule has 1 rings (SSSR count). The summed E-state index contributed by atoms with van der Waals surface area (Å²) in [6, 6.07) is 4.35. The summed E-state index contributed by atoms with van der Waals surface area (Å²) in [4.78, 5) is 23.2. The van der Waals surface area contributed by atoms with Crippen LogP contribution in [0.3, 0.4) is 0 Å². The third kappa shape index (κ3) is 3.46. The molecule has 0 aliphatic heterocycles. The fourth-order valence-electron chi connectivity index (χ4n) is 1.25. The minimum Gasteiger partial charge on any atom is -0.465 e. The number of ether oxygens (including phenoxy) is 2. The highest BCUT2D eigenvalue weighted by Gasteiger charge is 2.19. The summed E-state index contributed by atoms with van der Waals surface area (Å²) in [5.74, 6) is -1.17. The van der Waals surface area contributed by atoms with E-state index in [0.29, 0.717) is 18.1 Å². The molecule has 0 heterocycles. The van der Waals surface area contributed by atoms with Crippen molar-refractivity contribution in [2.24, 2.45) is 0 Å². The maximum Gasteiger partial charge on any atom is 0.339 e. The number of carbonyl (C=O) groups excluding carboxylic acids is 2. The lowest BCUT2D eigenvalue weighted by Gasteiger charge is -2.08. The molecule has 4 nitrogen and oxygen atoms in total. The summed E-state index contributed by atoms with van der Waals surface area (Å²) in [5.41, 5.74) is 0.274. The Hall–Kier alpha value is -1.55. The van der Waals surface area contributed by atoms with Gasteiger partial charge in [-0.1, -0.05) is 18.5 Å². The highest BCUT2D eigenvalue weighted by molar-refractivity contribution is 6.31. The van der Waals surface area contributed by atoms with Crippen molar-refractivity contribution in [2.75, 3.05) is 13.7 Å². The molecule has 0 N–H and O–H groups in total. The van der Waals surface area contributed by atoms with E-state index in [1.165, 1.54) is 25.3 Å². The van der Waals surface area contributed by atoms with E-state index in [4.69, 9.17) is 16.3 Å². The molecule has 17 heavy (non-hydrogen) atoms. The van der Waals surface area contributed by atoms with Crippen molar-refractivity contribution in [3.05, 3.63) is 34.3 Å². The average Bonchev–Trinajstić information content (AvgIpc) is 2.34. The lowest BCUT2D eigenvalue weighted by atomic mass is 10.1. The molecule has 1 aromatic carbocycles.